The zero-order valence-corrected chi connectivity index (χ0v) is 14.5. The number of fused-ring (bicyclic) bond motifs is 1. The first-order valence-corrected chi connectivity index (χ1v) is 8.79. The normalized spacial score (nSPS) is 22.3. The zero-order valence-electron chi connectivity index (χ0n) is 14.5. The zero-order chi connectivity index (χ0) is 17.1. The van der Waals surface area contributed by atoms with Gasteiger partial charge in [-0.05, 0) is 48.4 Å². The van der Waals surface area contributed by atoms with Crippen LogP contribution < -0.4 is 10.1 Å². The van der Waals surface area contributed by atoms with Gasteiger partial charge in [-0.2, -0.15) is 0 Å². The molecule has 1 aliphatic heterocycles. The third kappa shape index (κ3) is 3.89. The third-order valence-electron chi connectivity index (χ3n) is 5.09. The fraction of sp³-hybridized carbons (Fsp3) is 0.579. The molecule has 3 rings (SSSR count). The number of benzene rings is 1. The predicted molar refractivity (Wildman–Crippen MR) is 91.6 cm³/mol. The molecule has 2 amide bonds. The number of aryl methyl sites for hydroxylation is 1. The standard InChI is InChI=1S/C19H26N2O3/c1-13-10-17(13)19(23)20-8-7-18(22)21-9-3-4-14-11-16(24-2)6-5-15(14)12-21/h5-6,11,13,17H,3-4,7-10,12H2,1-2H3,(H,20,23)/t13-,17-/m1/s1. The van der Waals surface area contributed by atoms with E-state index in [1.165, 1.54) is 11.1 Å². The fourth-order valence-corrected chi connectivity index (χ4v) is 3.34. The molecule has 2 aliphatic rings. The lowest BCUT2D eigenvalue weighted by atomic mass is 10.0. The lowest BCUT2D eigenvalue weighted by molar-refractivity contribution is -0.131. The van der Waals surface area contributed by atoms with Gasteiger partial charge >= 0.3 is 0 Å². The van der Waals surface area contributed by atoms with E-state index in [1.807, 2.05) is 11.0 Å². The van der Waals surface area contributed by atoms with E-state index in [9.17, 15) is 9.59 Å². The van der Waals surface area contributed by atoms with E-state index in [2.05, 4.69) is 24.4 Å². The minimum atomic E-state index is 0.101. The van der Waals surface area contributed by atoms with Gasteiger partial charge in [-0.1, -0.05) is 13.0 Å². The van der Waals surface area contributed by atoms with Gasteiger partial charge in [-0.15, -0.1) is 0 Å². The Balaban J connectivity index is 1.52. The molecule has 5 heteroatoms. The lowest BCUT2D eigenvalue weighted by Crippen LogP contribution is -2.34. The molecule has 0 aromatic heterocycles. The van der Waals surface area contributed by atoms with Crippen LogP contribution in [0.4, 0.5) is 0 Å². The maximum Gasteiger partial charge on any atom is 0.224 e. The topological polar surface area (TPSA) is 58.6 Å². The van der Waals surface area contributed by atoms with E-state index in [4.69, 9.17) is 4.74 Å². The molecule has 1 N–H and O–H groups in total. The maximum atomic E-state index is 12.5. The first-order chi connectivity index (χ1) is 11.6. The van der Waals surface area contributed by atoms with Crippen molar-refractivity contribution in [2.24, 2.45) is 11.8 Å². The van der Waals surface area contributed by atoms with E-state index >= 15 is 0 Å². The van der Waals surface area contributed by atoms with Gasteiger partial charge in [0.05, 0.1) is 7.11 Å². The van der Waals surface area contributed by atoms with Crippen LogP contribution in [-0.4, -0.2) is 36.9 Å². The minimum absolute atomic E-state index is 0.101. The summed E-state index contributed by atoms with van der Waals surface area (Å²) in [6, 6.07) is 6.07. The van der Waals surface area contributed by atoms with Gasteiger partial charge in [0.25, 0.3) is 0 Å². The molecule has 1 heterocycles. The average Bonchev–Trinajstić information content (AvgIpc) is 3.34. The summed E-state index contributed by atoms with van der Waals surface area (Å²) in [4.78, 5) is 26.2. The first kappa shape index (κ1) is 16.8. The Kier molecular flexibility index (Phi) is 5.07. The summed E-state index contributed by atoms with van der Waals surface area (Å²) >= 11 is 0. The van der Waals surface area contributed by atoms with Crippen LogP contribution in [-0.2, 0) is 22.6 Å². The summed E-state index contributed by atoms with van der Waals surface area (Å²) < 4.78 is 5.28. The molecule has 1 saturated carbocycles. The predicted octanol–water partition coefficient (Wildman–Crippen LogP) is 2.13. The molecule has 24 heavy (non-hydrogen) atoms. The second-order valence-electron chi connectivity index (χ2n) is 6.91. The number of hydrogen-bond acceptors (Lipinski definition) is 3. The van der Waals surface area contributed by atoms with Crippen molar-refractivity contribution < 1.29 is 14.3 Å². The van der Waals surface area contributed by atoms with Crippen molar-refractivity contribution in [2.75, 3.05) is 20.2 Å². The minimum Gasteiger partial charge on any atom is -0.497 e. The highest BCUT2D eigenvalue weighted by Crippen LogP contribution is 2.37. The number of rotatable bonds is 5. The van der Waals surface area contributed by atoms with Crippen LogP contribution >= 0.6 is 0 Å². The smallest absolute Gasteiger partial charge is 0.224 e. The molecule has 1 aliphatic carbocycles. The van der Waals surface area contributed by atoms with Crippen molar-refractivity contribution in [1.29, 1.82) is 0 Å². The number of carbonyl (C=O) groups excluding carboxylic acids is 2. The Morgan fingerprint density at radius 1 is 1.33 bits per heavy atom. The third-order valence-corrected chi connectivity index (χ3v) is 5.09. The van der Waals surface area contributed by atoms with Crippen molar-refractivity contribution in [3.8, 4) is 5.75 Å². The second-order valence-corrected chi connectivity index (χ2v) is 6.91. The second kappa shape index (κ2) is 7.24. The molecule has 1 fully saturated rings. The molecule has 0 spiro atoms. The van der Waals surface area contributed by atoms with Gasteiger partial charge in [0.2, 0.25) is 11.8 Å². The highest BCUT2D eigenvalue weighted by atomic mass is 16.5. The van der Waals surface area contributed by atoms with Gasteiger partial charge in [-0.25, -0.2) is 0 Å². The molecule has 0 radical (unpaired) electrons. The van der Waals surface area contributed by atoms with Crippen LogP contribution in [0, 0.1) is 11.8 Å². The van der Waals surface area contributed by atoms with E-state index in [0.29, 0.717) is 25.4 Å². The Labute approximate surface area is 143 Å². The van der Waals surface area contributed by atoms with Crippen molar-refractivity contribution in [1.82, 2.24) is 10.2 Å². The van der Waals surface area contributed by atoms with E-state index < -0.39 is 0 Å². The van der Waals surface area contributed by atoms with Crippen molar-refractivity contribution in [3.05, 3.63) is 29.3 Å². The van der Waals surface area contributed by atoms with E-state index in [-0.39, 0.29) is 17.7 Å². The lowest BCUT2D eigenvalue weighted by Gasteiger charge is -2.21. The van der Waals surface area contributed by atoms with E-state index in [0.717, 1.165) is 31.6 Å². The molecular formula is C19H26N2O3. The molecule has 1 aromatic rings. The fourth-order valence-electron chi connectivity index (χ4n) is 3.34. The Bertz CT molecular complexity index is 629. The van der Waals surface area contributed by atoms with Crippen molar-refractivity contribution in [3.63, 3.8) is 0 Å². The number of hydrogen-bond donors (Lipinski definition) is 1. The number of ether oxygens (including phenoxy) is 1. The van der Waals surface area contributed by atoms with E-state index in [1.54, 1.807) is 7.11 Å². The Morgan fingerprint density at radius 2 is 2.12 bits per heavy atom. The van der Waals surface area contributed by atoms with Crippen LogP contribution in [0.1, 0.15) is 37.3 Å². The quantitative estimate of drug-likeness (QED) is 0.900. The summed E-state index contributed by atoms with van der Waals surface area (Å²) in [5.74, 6) is 1.75. The molecule has 5 nitrogen and oxygen atoms in total. The van der Waals surface area contributed by atoms with Crippen molar-refractivity contribution in [2.45, 2.75) is 39.2 Å². The van der Waals surface area contributed by atoms with Gasteiger partial charge < -0.3 is 15.0 Å². The number of nitrogens with zero attached hydrogens (tertiary/aromatic N) is 1. The van der Waals surface area contributed by atoms with Crippen molar-refractivity contribution >= 4 is 11.8 Å². The largest absolute Gasteiger partial charge is 0.497 e. The van der Waals surface area contributed by atoms with Gasteiger partial charge in [0.1, 0.15) is 5.75 Å². The van der Waals surface area contributed by atoms with Gasteiger partial charge in [0, 0.05) is 32.0 Å². The number of amides is 2. The number of carbonyl (C=O) groups is 2. The SMILES string of the molecule is COc1ccc2c(c1)CCCN(C(=O)CCNC(=O)[C@@H]1C[C@H]1C)C2. The number of nitrogens with one attached hydrogen (secondary N) is 1. The molecule has 0 unspecified atom stereocenters. The summed E-state index contributed by atoms with van der Waals surface area (Å²) in [6.45, 7) is 3.93. The van der Waals surface area contributed by atoms with Crippen LogP contribution in [0.15, 0.2) is 18.2 Å². The molecule has 2 atom stereocenters. The summed E-state index contributed by atoms with van der Waals surface area (Å²) in [5, 5.41) is 2.89. The molecule has 130 valence electrons. The average molecular weight is 330 g/mol. The molecule has 0 bridgehead atoms. The highest BCUT2D eigenvalue weighted by Gasteiger charge is 2.38. The Morgan fingerprint density at radius 3 is 2.83 bits per heavy atom. The van der Waals surface area contributed by atoms with Crippen LogP contribution in [0.25, 0.3) is 0 Å². The Hall–Kier alpha value is -2.04. The maximum absolute atomic E-state index is 12.5. The highest BCUT2D eigenvalue weighted by molar-refractivity contribution is 5.82. The monoisotopic (exact) mass is 330 g/mol. The molecule has 0 saturated heterocycles. The van der Waals surface area contributed by atoms with Crippen LogP contribution in [0.5, 0.6) is 5.75 Å². The molecule has 1 aromatic carbocycles. The number of methoxy groups -OCH3 is 1. The first-order valence-electron chi connectivity index (χ1n) is 8.79. The van der Waals surface area contributed by atoms with Crippen LogP contribution in [0.2, 0.25) is 0 Å². The van der Waals surface area contributed by atoms with Gasteiger partial charge in [-0.3, -0.25) is 9.59 Å². The molecular weight excluding hydrogens is 304 g/mol. The summed E-state index contributed by atoms with van der Waals surface area (Å²) in [5.41, 5.74) is 2.46. The van der Waals surface area contributed by atoms with Crippen LogP contribution in [0.3, 0.4) is 0 Å². The van der Waals surface area contributed by atoms with Gasteiger partial charge in [0.15, 0.2) is 0 Å². The summed E-state index contributed by atoms with van der Waals surface area (Å²) in [7, 11) is 1.67. The summed E-state index contributed by atoms with van der Waals surface area (Å²) in [6.07, 6.45) is 3.27.